The van der Waals surface area contributed by atoms with Gasteiger partial charge in [-0.3, -0.25) is 9.88 Å². The van der Waals surface area contributed by atoms with Gasteiger partial charge in [0.2, 0.25) is 0 Å². The average Bonchev–Trinajstić information content (AvgIpc) is 2.64. The molecule has 0 unspecified atom stereocenters. The van der Waals surface area contributed by atoms with Crippen LogP contribution in [0.3, 0.4) is 0 Å². The summed E-state index contributed by atoms with van der Waals surface area (Å²) in [4.78, 5) is 15.0. The molecular formula is C19H18N4O. The highest BCUT2D eigenvalue weighted by molar-refractivity contribution is 5.37. The van der Waals surface area contributed by atoms with E-state index >= 15 is 0 Å². The molecule has 5 nitrogen and oxygen atoms in total. The molecule has 0 spiro atoms. The van der Waals surface area contributed by atoms with Crippen molar-refractivity contribution in [2.45, 2.75) is 19.5 Å². The highest BCUT2D eigenvalue weighted by atomic mass is 16.5. The molecule has 3 heterocycles. The van der Waals surface area contributed by atoms with Crippen LogP contribution < -0.4 is 4.74 Å². The monoisotopic (exact) mass is 318 g/mol. The molecule has 0 saturated heterocycles. The highest BCUT2D eigenvalue weighted by Crippen LogP contribution is 2.27. The van der Waals surface area contributed by atoms with E-state index in [4.69, 9.17) is 4.74 Å². The lowest BCUT2D eigenvalue weighted by atomic mass is 10.1. The van der Waals surface area contributed by atoms with Crippen LogP contribution in [0.15, 0.2) is 61.3 Å². The summed E-state index contributed by atoms with van der Waals surface area (Å²) in [6, 6.07) is 11.9. The Morgan fingerprint density at radius 3 is 2.92 bits per heavy atom. The molecule has 0 saturated carbocycles. The normalized spacial score (nSPS) is 14.2. The second-order valence-corrected chi connectivity index (χ2v) is 5.85. The summed E-state index contributed by atoms with van der Waals surface area (Å²) in [6.45, 7) is 2.68. The Kier molecular flexibility index (Phi) is 4.16. The van der Waals surface area contributed by atoms with Crippen molar-refractivity contribution in [1.82, 2.24) is 19.9 Å². The lowest BCUT2D eigenvalue weighted by molar-refractivity contribution is 0.238. The number of para-hydroxylation sites is 1. The lowest BCUT2D eigenvalue weighted by Crippen LogP contribution is -2.31. The molecule has 1 aromatic carbocycles. The van der Waals surface area contributed by atoms with Crippen LogP contribution >= 0.6 is 0 Å². The molecule has 0 fully saturated rings. The summed E-state index contributed by atoms with van der Waals surface area (Å²) in [7, 11) is 0. The lowest BCUT2D eigenvalue weighted by Gasteiger charge is -2.28. The maximum absolute atomic E-state index is 6.01. The molecule has 120 valence electrons. The van der Waals surface area contributed by atoms with E-state index in [1.54, 1.807) is 18.7 Å². The zero-order chi connectivity index (χ0) is 16.2. The third-order valence-corrected chi connectivity index (χ3v) is 4.18. The standard InChI is InChI=1S/C19H18N4O/c1-2-6-19(24-17-5-3-8-20-11-17)16(4-1)12-23-9-7-15-10-21-14-22-18(15)13-23/h1-6,8,10-11,14H,7,9,12-13H2. The fourth-order valence-electron chi connectivity index (χ4n) is 2.95. The Bertz CT molecular complexity index is 822. The Morgan fingerprint density at radius 1 is 1.04 bits per heavy atom. The van der Waals surface area contributed by atoms with Crippen LogP contribution in [-0.2, 0) is 19.5 Å². The fraction of sp³-hybridized carbons (Fsp3) is 0.211. The number of rotatable bonds is 4. The Hall–Kier alpha value is -2.79. The number of fused-ring (bicyclic) bond motifs is 1. The number of hydrogen-bond acceptors (Lipinski definition) is 5. The van der Waals surface area contributed by atoms with Crippen LogP contribution in [0, 0.1) is 0 Å². The summed E-state index contributed by atoms with van der Waals surface area (Å²) >= 11 is 0. The molecule has 3 aromatic rings. The van der Waals surface area contributed by atoms with Crippen LogP contribution in [0.4, 0.5) is 0 Å². The molecule has 0 radical (unpaired) electrons. The SMILES string of the molecule is c1cncc(Oc2ccccc2CN2CCc3cncnc3C2)c1. The third kappa shape index (κ3) is 3.26. The third-order valence-electron chi connectivity index (χ3n) is 4.18. The molecular weight excluding hydrogens is 300 g/mol. The van der Waals surface area contributed by atoms with Crippen LogP contribution in [0.5, 0.6) is 11.5 Å². The molecule has 0 aliphatic carbocycles. The van der Waals surface area contributed by atoms with E-state index in [1.807, 2.05) is 36.5 Å². The minimum Gasteiger partial charge on any atom is -0.455 e. The fourth-order valence-corrected chi connectivity index (χ4v) is 2.95. The van der Waals surface area contributed by atoms with Gasteiger partial charge in [-0.2, -0.15) is 0 Å². The van der Waals surface area contributed by atoms with Crippen molar-refractivity contribution in [2.24, 2.45) is 0 Å². The van der Waals surface area contributed by atoms with Gasteiger partial charge < -0.3 is 4.74 Å². The van der Waals surface area contributed by atoms with E-state index in [-0.39, 0.29) is 0 Å². The van der Waals surface area contributed by atoms with Crippen molar-refractivity contribution in [3.05, 3.63) is 78.1 Å². The number of ether oxygens (including phenoxy) is 1. The Balaban J connectivity index is 1.51. The number of benzene rings is 1. The maximum Gasteiger partial charge on any atom is 0.145 e. The molecule has 24 heavy (non-hydrogen) atoms. The average molecular weight is 318 g/mol. The molecule has 1 aliphatic rings. The molecule has 0 N–H and O–H groups in total. The van der Waals surface area contributed by atoms with Gasteiger partial charge in [0.15, 0.2) is 0 Å². The van der Waals surface area contributed by atoms with Gasteiger partial charge in [-0.1, -0.05) is 18.2 Å². The first kappa shape index (κ1) is 14.8. The first-order valence-corrected chi connectivity index (χ1v) is 8.04. The van der Waals surface area contributed by atoms with Gasteiger partial charge in [-0.05, 0) is 30.2 Å². The molecule has 5 heteroatoms. The van der Waals surface area contributed by atoms with Gasteiger partial charge in [-0.25, -0.2) is 9.97 Å². The zero-order valence-electron chi connectivity index (χ0n) is 13.3. The second-order valence-electron chi connectivity index (χ2n) is 5.85. The van der Waals surface area contributed by atoms with Crippen molar-refractivity contribution in [3.63, 3.8) is 0 Å². The van der Waals surface area contributed by atoms with Crippen molar-refractivity contribution < 1.29 is 4.74 Å². The quantitative estimate of drug-likeness (QED) is 0.739. The maximum atomic E-state index is 6.01. The number of nitrogens with zero attached hydrogens (tertiary/aromatic N) is 4. The van der Waals surface area contributed by atoms with Crippen molar-refractivity contribution in [2.75, 3.05) is 6.54 Å². The summed E-state index contributed by atoms with van der Waals surface area (Å²) in [6.07, 6.45) is 8.01. The van der Waals surface area contributed by atoms with E-state index in [2.05, 4.69) is 25.9 Å². The molecule has 0 bridgehead atoms. The second kappa shape index (κ2) is 6.76. The molecule has 4 rings (SSSR count). The van der Waals surface area contributed by atoms with Gasteiger partial charge in [0, 0.05) is 37.6 Å². The predicted octanol–water partition coefficient (Wildman–Crippen LogP) is 3.22. The number of hydrogen-bond donors (Lipinski definition) is 0. The Morgan fingerprint density at radius 2 is 2.00 bits per heavy atom. The molecule has 2 aromatic heterocycles. The first-order chi connectivity index (χ1) is 11.9. The van der Waals surface area contributed by atoms with E-state index in [0.717, 1.165) is 43.2 Å². The van der Waals surface area contributed by atoms with Gasteiger partial charge in [0.25, 0.3) is 0 Å². The topological polar surface area (TPSA) is 51.1 Å². The van der Waals surface area contributed by atoms with Crippen molar-refractivity contribution >= 4 is 0 Å². The van der Waals surface area contributed by atoms with Crippen LogP contribution in [0.25, 0.3) is 0 Å². The van der Waals surface area contributed by atoms with Crippen molar-refractivity contribution in [3.8, 4) is 11.5 Å². The van der Waals surface area contributed by atoms with Gasteiger partial charge in [-0.15, -0.1) is 0 Å². The number of aromatic nitrogens is 3. The van der Waals surface area contributed by atoms with Crippen LogP contribution in [0.2, 0.25) is 0 Å². The molecule has 0 atom stereocenters. The van der Waals surface area contributed by atoms with Gasteiger partial charge in [0.1, 0.15) is 17.8 Å². The first-order valence-electron chi connectivity index (χ1n) is 8.04. The summed E-state index contributed by atoms with van der Waals surface area (Å²) < 4.78 is 6.01. The summed E-state index contributed by atoms with van der Waals surface area (Å²) in [5.41, 5.74) is 3.55. The van der Waals surface area contributed by atoms with E-state index < -0.39 is 0 Å². The highest BCUT2D eigenvalue weighted by Gasteiger charge is 2.18. The van der Waals surface area contributed by atoms with Gasteiger partial charge in [0.05, 0.1) is 11.9 Å². The molecule has 1 aliphatic heterocycles. The van der Waals surface area contributed by atoms with Crippen molar-refractivity contribution in [1.29, 1.82) is 0 Å². The minimum atomic E-state index is 0.752. The predicted molar refractivity (Wildman–Crippen MR) is 90.6 cm³/mol. The number of pyridine rings is 1. The van der Waals surface area contributed by atoms with E-state index in [0.29, 0.717) is 0 Å². The summed E-state index contributed by atoms with van der Waals surface area (Å²) in [5, 5.41) is 0. The smallest absolute Gasteiger partial charge is 0.145 e. The minimum absolute atomic E-state index is 0.752. The Labute approximate surface area is 141 Å². The van der Waals surface area contributed by atoms with E-state index in [9.17, 15) is 0 Å². The van der Waals surface area contributed by atoms with E-state index in [1.165, 1.54) is 11.1 Å². The zero-order valence-corrected chi connectivity index (χ0v) is 13.3. The summed E-state index contributed by atoms with van der Waals surface area (Å²) in [5.74, 6) is 1.63. The van der Waals surface area contributed by atoms with Crippen LogP contribution in [0.1, 0.15) is 16.8 Å². The molecule has 0 amide bonds. The largest absolute Gasteiger partial charge is 0.455 e. The van der Waals surface area contributed by atoms with Gasteiger partial charge >= 0.3 is 0 Å². The van der Waals surface area contributed by atoms with Crippen LogP contribution in [-0.4, -0.2) is 26.4 Å².